The molecule has 0 saturated carbocycles. The number of piperazine rings is 1. The average molecular weight is 429 g/mol. The van der Waals surface area contributed by atoms with Gasteiger partial charge in [-0.2, -0.15) is 0 Å². The van der Waals surface area contributed by atoms with Crippen LogP contribution in [-0.4, -0.2) is 62.1 Å². The van der Waals surface area contributed by atoms with Crippen molar-refractivity contribution in [2.75, 3.05) is 26.2 Å². The van der Waals surface area contributed by atoms with E-state index in [2.05, 4.69) is 41.0 Å². The highest BCUT2D eigenvalue weighted by Gasteiger charge is 2.24. The summed E-state index contributed by atoms with van der Waals surface area (Å²) >= 11 is 3.41. The Labute approximate surface area is 164 Å². The molecule has 1 fully saturated rings. The molecule has 27 heavy (non-hydrogen) atoms. The number of rotatable bonds is 4. The molecule has 0 aliphatic carbocycles. The van der Waals surface area contributed by atoms with Gasteiger partial charge in [-0.3, -0.25) is 14.7 Å². The number of amides is 1. The summed E-state index contributed by atoms with van der Waals surface area (Å²) < 4.78 is 6.78. The number of benzene rings is 1. The quantitative estimate of drug-likeness (QED) is 0.629. The molecule has 9 heteroatoms. The van der Waals surface area contributed by atoms with Gasteiger partial charge in [0.15, 0.2) is 0 Å². The maximum atomic E-state index is 12.4. The van der Waals surface area contributed by atoms with Crippen LogP contribution in [0.15, 0.2) is 51.7 Å². The van der Waals surface area contributed by atoms with Crippen LogP contribution in [0.1, 0.15) is 16.4 Å². The van der Waals surface area contributed by atoms with Gasteiger partial charge in [0.25, 0.3) is 5.91 Å². The molecule has 8 nitrogen and oxygen atoms in total. The second kappa shape index (κ2) is 7.93. The molecule has 1 amide bonds. The maximum Gasteiger partial charge on any atom is 0.274 e. The average Bonchev–Trinajstić information content (AvgIpc) is 3.18. The first-order chi connectivity index (χ1) is 13.2. The Hall–Kier alpha value is -2.65. The number of halogens is 1. The predicted octanol–water partition coefficient (Wildman–Crippen LogP) is 2.25. The van der Waals surface area contributed by atoms with Crippen molar-refractivity contribution in [2.45, 2.75) is 6.54 Å². The monoisotopic (exact) mass is 428 g/mol. The molecule has 3 aromatic rings. The molecule has 0 N–H and O–H groups in total. The van der Waals surface area contributed by atoms with Crippen LogP contribution in [0.2, 0.25) is 0 Å². The van der Waals surface area contributed by atoms with Crippen molar-refractivity contribution in [3.8, 4) is 11.5 Å². The minimum absolute atomic E-state index is 0.0851. The van der Waals surface area contributed by atoms with E-state index in [9.17, 15) is 4.79 Å². The smallest absolute Gasteiger partial charge is 0.274 e. The lowest BCUT2D eigenvalue weighted by molar-refractivity contribution is 0.0612. The Morgan fingerprint density at radius 3 is 2.56 bits per heavy atom. The fourth-order valence-corrected chi connectivity index (χ4v) is 3.16. The molecule has 1 aromatic carbocycles. The van der Waals surface area contributed by atoms with Gasteiger partial charge < -0.3 is 9.32 Å². The first-order valence-corrected chi connectivity index (χ1v) is 9.34. The standard InChI is InChI=1S/C18H17BrN6O2/c19-14-3-1-13(2-4-14)17-23-22-16(27-17)12-24-7-9-25(10-8-24)18(26)15-11-20-5-6-21-15/h1-6,11H,7-10,12H2. The van der Waals surface area contributed by atoms with E-state index in [4.69, 9.17) is 4.42 Å². The summed E-state index contributed by atoms with van der Waals surface area (Å²) in [4.78, 5) is 24.4. The van der Waals surface area contributed by atoms with Crippen LogP contribution in [-0.2, 0) is 6.54 Å². The van der Waals surface area contributed by atoms with E-state index >= 15 is 0 Å². The van der Waals surface area contributed by atoms with Crippen molar-refractivity contribution in [3.05, 3.63) is 58.9 Å². The van der Waals surface area contributed by atoms with Gasteiger partial charge in [-0.1, -0.05) is 15.9 Å². The summed E-state index contributed by atoms with van der Waals surface area (Å²) in [6, 6.07) is 7.73. The summed E-state index contributed by atoms with van der Waals surface area (Å²) in [7, 11) is 0. The van der Waals surface area contributed by atoms with Gasteiger partial charge in [-0.25, -0.2) is 4.98 Å². The van der Waals surface area contributed by atoms with E-state index in [1.807, 2.05) is 24.3 Å². The largest absolute Gasteiger partial charge is 0.419 e. The topological polar surface area (TPSA) is 88.3 Å². The zero-order chi connectivity index (χ0) is 18.6. The third-order valence-corrected chi connectivity index (χ3v) is 4.89. The van der Waals surface area contributed by atoms with E-state index in [0.29, 0.717) is 37.1 Å². The van der Waals surface area contributed by atoms with Gasteiger partial charge in [0.05, 0.1) is 12.7 Å². The minimum atomic E-state index is -0.0851. The number of carbonyl (C=O) groups is 1. The molecule has 0 bridgehead atoms. The van der Waals surface area contributed by atoms with Gasteiger partial charge in [-0.15, -0.1) is 10.2 Å². The maximum absolute atomic E-state index is 12.4. The number of nitrogens with zero attached hydrogens (tertiary/aromatic N) is 6. The summed E-state index contributed by atoms with van der Waals surface area (Å²) in [5.41, 5.74) is 1.26. The molecule has 3 heterocycles. The van der Waals surface area contributed by atoms with Crippen molar-refractivity contribution in [2.24, 2.45) is 0 Å². The summed E-state index contributed by atoms with van der Waals surface area (Å²) in [6.45, 7) is 3.30. The third kappa shape index (κ3) is 4.20. The lowest BCUT2D eigenvalue weighted by atomic mass is 10.2. The van der Waals surface area contributed by atoms with E-state index in [0.717, 1.165) is 23.1 Å². The summed E-state index contributed by atoms with van der Waals surface area (Å²) in [5.74, 6) is 0.994. The van der Waals surface area contributed by atoms with Crippen LogP contribution < -0.4 is 0 Å². The second-order valence-corrected chi connectivity index (χ2v) is 7.08. The Bertz CT molecular complexity index is 907. The van der Waals surface area contributed by atoms with Gasteiger partial charge in [0.1, 0.15) is 5.69 Å². The molecule has 1 aliphatic heterocycles. The highest BCUT2D eigenvalue weighted by atomic mass is 79.9. The summed E-state index contributed by atoms with van der Waals surface area (Å²) in [6.07, 6.45) is 4.58. The first kappa shape index (κ1) is 17.7. The Balaban J connectivity index is 1.33. The molecular weight excluding hydrogens is 412 g/mol. The molecule has 2 aromatic heterocycles. The number of hydrogen-bond donors (Lipinski definition) is 0. The molecule has 0 spiro atoms. The van der Waals surface area contributed by atoms with Crippen LogP contribution in [0, 0.1) is 0 Å². The fraction of sp³-hybridized carbons (Fsp3) is 0.278. The molecule has 4 rings (SSSR count). The van der Waals surface area contributed by atoms with E-state index in [1.54, 1.807) is 11.1 Å². The SMILES string of the molecule is O=C(c1cnccn1)N1CCN(Cc2nnc(-c3ccc(Br)cc3)o2)CC1. The molecular formula is C18H17BrN6O2. The van der Waals surface area contributed by atoms with Crippen molar-refractivity contribution in [3.63, 3.8) is 0 Å². The zero-order valence-electron chi connectivity index (χ0n) is 14.5. The molecule has 138 valence electrons. The second-order valence-electron chi connectivity index (χ2n) is 6.17. The molecule has 1 saturated heterocycles. The first-order valence-electron chi connectivity index (χ1n) is 8.55. The van der Waals surface area contributed by atoms with Gasteiger partial charge in [0, 0.05) is 48.6 Å². The molecule has 0 radical (unpaired) electrons. The number of aromatic nitrogens is 4. The predicted molar refractivity (Wildman–Crippen MR) is 101 cm³/mol. The van der Waals surface area contributed by atoms with Gasteiger partial charge >= 0.3 is 0 Å². The van der Waals surface area contributed by atoms with Crippen LogP contribution in [0.3, 0.4) is 0 Å². The number of carbonyl (C=O) groups excluding carboxylic acids is 1. The van der Waals surface area contributed by atoms with Crippen molar-refractivity contribution in [1.82, 2.24) is 30.0 Å². The molecule has 0 atom stereocenters. The number of hydrogen-bond acceptors (Lipinski definition) is 7. The van der Waals surface area contributed by atoms with Crippen molar-refractivity contribution >= 4 is 21.8 Å². The normalized spacial score (nSPS) is 15.1. The molecule has 1 aliphatic rings. The lowest BCUT2D eigenvalue weighted by Crippen LogP contribution is -2.48. The highest BCUT2D eigenvalue weighted by Crippen LogP contribution is 2.21. The van der Waals surface area contributed by atoms with Crippen molar-refractivity contribution < 1.29 is 9.21 Å². The van der Waals surface area contributed by atoms with E-state index in [-0.39, 0.29) is 5.91 Å². The minimum Gasteiger partial charge on any atom is -0.419 e. The van der Waals surface area contributed by atoms with E-state index in [1.165, 1.54) is 12.4 Å². The van der Waals surface area contributed by atoms with Crippen LogP contribution in [0.4, 0.5) is 0 Å². The fourth-order valence-electron chi connectivity index (χ4n) is 2.90. The van der Waals surface area contributed by atoms with E-state index < -0.39 is 0 Å². The zero-order valence-corrected chi connectivity index (χ0v) is 16.0. The third-order valence-electron chi connectivity index (χ3n) is 4.36. The Morgan fingerprint density at radius 2 is 1.85 bits per heavy atom. The van der Waals surface area contributed by atoms with Gasteiger partial charge in [-0.05, 0) is 24.3 Å². The Kier molecular flexibility index (Phi) is 5.21. The van der Waals surface area contributed by atoms with Crippen LogP contribution >= 0.6 is 15.9 Å². The van der Waals surface area contributed by atoms with Gasteiger partial charge in [0.2, 0.25) is 11.8 Å². The lowest BCUT2D eigenvalue weighted by Gasteiger charge is -2.33. The van der Waals surface area contributed by atoms with Crippen LogP contribution in [0.25, 0.3) is 11.5 Å². The van der Waals surface area contributed by atoms with Crippen LogP contribution in [0.5, 0.6) is 0 Å². The molecule has 0 unspecified atom stereocenters. The summed E-state index contributed by atoms with van der Waals surface area (Å²) in [5, 5.41) is 8.27. The van der Waals surface area contributed by atoms with Crippen molar-refractivity contribution in [1.29, 1.82) is 0 Å². The Morgan fingerprint density at radius 1 is 1.07 bits per heavy atom. The highest BCUT2D eigenvalue weighted by molar-refractivity contribution is 9.10.